The van der Waals surface area contributed by atoms with Crippen LogP contribution in [-0.2, 0) is 6.32 Å². The fourth-order valence-electron chi connectivity index (χ4n) is 1.10. The quantitative estimate of drug-likeness (QED) is 0.562. The zero-order valence-corrected chi connectivity index (χ0v) is 6.62. The van der Waals surface area contributed by atoms with E-state index < -0.39 is 0 Å². The molecule has 1 aromatic rings. The molecule has 4 heteroatoms. The minimum Gasteiger partial charge on any atom is -0.486 e. The number of ether oxygens (including phenoxy) is 2. The van der Waals surface area contributed by atoms with E-state index in [4.69, 9.17) is 17.3 Å². The minimum absolute atomic E-state index is 0.427. The Hall–Kier alpha value is -1.19. The monoisotopic (exact) mass is 161 g/mol. The van der Waals surface area contributed by atoms with E-state index in [-0.39, 0.29) is 0 Å². The van der Waals surface area contributed by atoms with Crippen molar-refractivity contribution >= 4 is 7.85 Å². The van der Waals surface area contributed by atoms with Crippen molar-refractivity contribution in [1.82, 2.24) is 4.98 Å². The number of pyridine rings is 1. The Morgan fingerprint density at radius 2 is 2.08 bits per heavy atom. The number of hydrogen-bond acceptors (Lipinski definition) is 3. The highest BCUT2D eigenvalue weighted by atomic mass is 16.6. The van der Waals surface area contributed by atoms with E-state index in [9.17, 15) is 0 Å². The number of nitrogens with zero attached hydrogens (tertiary/aromatic N) is 1. The maximum atomic E-state index is 5.42. The fourth-order valence-corrected chi connectivity index (χ4v) is 1.10. The largest absolute Gasteiger partial charge is 0.486 e. The molecule has 0 atom stereocenters. The average molecular weight is 161 g/mol. The lowest BCUT2D eigenvalue weighted by molar-refractivity contribution is 0.170. The highest BCUT2D eigenvalue weighted by Gasteiger charge is 2.11. The van der Waals surface area contributed by atoms with E-state index in [2.05, 4.69) is 4.98 Å². The smallest absolute Gasteiger partial charge is 0.179 e. The second kappa shape index (κ2) is 3.05. The highest BCUT2D eigenvalue weighted by Crippen LogP contribution is 2.28. The SMILES string of the molecule is [B]Cc1cc2c(cn1)OCCO2. The van der Waals surface area contributed by atoms with Gasteiger partial charge in [0.15, 0.2) is 11.5 Å². The minimum atomic E-state index is 0.427. The van der Waals surface area contributed by atoms with Crippen LogP contribution in [0.3, 0.4) is 0 Å². The maximum Gasteiger partial charge on any atom is 0.179 e. The summed E-state index contributed by atoms with van der Waals surface area (Å²) in [5.41, 5.74) is 0.819. The molecule has 0 amide bonds. The van der Waals surface area contributed by atoms with Crippen LogP contribution >= 0.6 is 0 Å². The van der Waals surface area contributed by atoms with Gasteiger partial charge in [0.05, 0.1) is 14.0 Å². The summed E-state index contributed by atoms with van der Waals surface area (Å²) in [6.45, 7) is 1.19. The van der Waals surface area contributed by atoms with Gasteiger partial charge in [-0.3, -0.25) is 4.98 Å². The third kappa shape index (κ3) is 1.24. The summed E-state index contributed by atoms with van der Waals surface area (Å²) in [4.78, 5) is 4.08. The Balaban J connectivity index is 2.36. The second-order valence-electron chi connectivity index (χ2n) is 2.52. The molecule has 2 heterocycles. The van der Waals surface area contributed by atoms with Crippen LogP contribution in [0.4, 0.5) is 0 Å². The molecular weight excluding hydrogens is 153 g/mol. The maximum absolute atomic E-state index is 5.42. The Morgan fingerprint density at radius 1 is 1.33 bits per heavy atom. The zero-order chi connectivity index (χ0) is 8.39. The third-order valence-electron chi connectivity index (χ3n) is 1.70. The second-order valence-corrected chi connectivity index (χ2v) is 2.52. The number of aromatic nitrogens is 1. The lowest BCUT2D eigenvalue weighted by Gasteiger charge is -2.17. The van der Waals surface area contributed by atoms with Gasteiger partial charge in [0.2, 0.25) is 0 Å². The van der Waals surface area contributed by atoms with Crippen molar-refractivity contribution in [2.24, 2.45) is 0 Å². The van der Waals surface area contributed by atoms with Gasteiger partial charge in [0.25, 0.3) is 0 Å². The summed E-state index contributed by atoms with van der Waals surface area (Å²) >= 11 is 0. The lowest BCUT2D eigenvalue weighted by atomic mass is 10.0. The molecule has 0 saturated carbocycles. The van der Waals surface area contributed by atoms with Gasteiger partial charge in [0, 0.05) is 11.8 Å². The molecular formula is C8H8BNO2. The van der Waals surface area contributed by atoms with Gasteiger partial charge >= 0.3 is 0 Å². The predicted molar refractivity (Wildman–Crippen MR) is 44.7 cm³/mol. The van der Waals surface area contributed by atoms with Crippen LogP contribution in [-0.4, -0.2) is 26.0 Å². The Kier molecular flexibility index (Phi) is 1.90. The van der Waals surface area contributed by atoms with Crippen LogP contribution in [0.25, 0.3) is 0 Å². The van der Waals surface area contributed by atoms with Crippen molar-refractivity contribution in [3.63, 3.8) is 0 Å². The van der Waals surface area contributed by atoms with Crippen LogP contribution in [0.5, 0.6) is 11.5 Å². The summed E-state index contributed by atoms with van der Waals surface area (Å²) in [6, 6.07) is 1.81. The van der Waals surface area contributed by atoms with Crippen LogP contribution < -0.4 is 9.47 Å². The Bertz CT molecular complexity index is 290. The topological polar surface area (TPSA) is 31.4 Å². The summed E-state index contributed by atoms with van der Waals surface area (Å²) in [5.74, 6) is 1.45. The molecule has 3 nitrogen and oxygen atoms in total. The van der Waals surface area contributed by atoms with E-state index in [1.807, 2.05) is 6.07 Å². The van der Waals surface area contributed by atoms with E-state index in [1.54, 1.807) is 6.20 Å². The first kappa shape index (κ1) is 7.46. The lowest BCUT2D eigenvalue weighted by Crippen LogP contribution is -2.15. The van der Waals surface area contributed by atoms with E-state index in [0.717, 1.165) is 11.4 Å². The molecule has 0 aromatic carbocycles. The van der Waals surface area contributed by atoms with Crippen LogP contribution in [0, 0.1) is 0 Å². The van der Waals surface area contributed by atoms with Crippen molar-refractivity contribution in [2.75, 3.05) is 13.2 Å². The number of rotatable bonds is 1. The van der Waals surface area contributed by atoms with Gasteiger partial charge in [-0.25, -0.2) is 0 Å². The number of fused-ring (bicyclic) bond motifs is 1. The van der Waals surface area contributed by atoms with Gasteiger partial charge in [-0.2, -0.15) is 0 Å². The van der Waals surface area contributed by atoms with Crippen molar-refractivity contribution < 1.29 is 9.47 Å². The average Bonchev–Trinajstić information content (AvgIpc) is 2.17. The van der Waals surface area contributed by atoms with E-state index >= 15 is 0 Å². The molecule has 0 saturated heterocycles. The molecule has 0 bridgehead atoms. The van der Waals surface area contributed by atoms with Crippen molar-refractivity contribution in [1.29, 1.82) is 0 Å². The first-order valence-electron chi connectivity index (χ1n) is 3.85. The normalized spacial score (nSPS) is 14.3. The summed E-state index contributed by atoms with van der Waals surface area (Å²) in [5, 5.41) is 0. The van der Waals surface area contributed by atoms with E-state index in [0.29, 0.717) is 25.3 Å². The highest BCUT2D eigenvalue weighted by molar-refractivity contribution is 6.08. The Morgan fingerprint density at radius 3 is 2.83 bits per heavy atom. The van der Waals surface area contributed by atoms with Crippen LogP contribution in [0.1, 0.15) is 5.69 Å². The van der Waals surface area contributed by atoms with Crippen molar-refractivity contribution in [2.45, 2.75) is 6.32 Å². The van der Waals surface area contributed by atoms with Crippen LogP contribution in [0.15, 0.2) is 12.3 Å². The molecule has 60 valence electrons. The summed E-state index contributed by atoms with van der Waals surface area (Å²) in [7, 11) is 5.42. The molecule has 1 aliphatic rings. The van der Waals surface area contributed by atoms with Crippen molar-refractivity contribution in [3.8, 4) is 11.5 Å². The van der Waals surface area contributed by atoms with Gasteiger partial charge < -0.3 is 9.47 Å². The molecule has 2 radical (unpaired) electrons. The summed E-state index contributed by atoms with van der Waals surface area (Å²) in [6.07, 6.45) is 2.08. The molecule has 0 unspecified atom stereocenters. The third-order valence-corrected chi connectivity index (χ3v) is 1.70. The van der Waals surface area contributed by atoms with Gasteiger partial charge in [-0.1, -0.05) is 0 Å². The first-order valence-corrected chi connectivity index (χ1v) is 3.85. The van der Waals surface area contributed by atoms with Gasteiger partial charge in [-0.05, 0) is 6.32 Å². The molecule has 0 aliphatic carbocycles. The molecule has 0 N–H and O–H groups in total. The van der Waals surface area contributed by atoms with Gasteiger partial charge in [0.1, 0.15) is 13.2 Å². The molecule has 12 heavy (non-hydrogen) atoms. The number of hydrogen-bond donors (Lipinski definition) is 0. The fraction of sp³-hybridized carbons (Fsp3) is 0.375. The predicted octanol–water partition coefficient (Wildman–Crippen LogP) is 0.521. The van der Waals surface area contributed by atoms with E-state index in [1.165, 1.54) is 0 Å². The summed E-state index contributed by atoms with van der Waals surface area (Å²) < 4.78 is 10.6. The standard InChI is InChI=1S/C8H8BNO2/c9-4-6-3-7-8(5-10-6)12-2-1-11-7/h3,5H,1-2,4H2. The molecule has 2 rings (SSSR count). The van der Waals surface area contributed by atoms with Crippen molar-refractivity contribution in [3.05, 3.63) is 18.0 Å². The Labute approximate surface area is 72.1 Å². The zero-order valence-electron chi connectivity index (χ0n) is 6.62. The molecule has 0 fully saturated rings. The van der Waals surface area contributed by atoms with Crippen LogP contribution in [0.2, 0.25) is 0 Å². The molecule has 1 aromatic heterocycles. The molecule has 0 spiro atoms. The molecule has 1 aliphatic heterocycles. The van der Waals surface area contributed by atoms with Gasteiger partial charge in [-0.15, -0.1) is 0 Å². The first-order chi connectivity index (χ1) is 5.90.